The summed E-state index contributed by atoms with van der Waals surface area (Å²) in [6.45, 7) is 4.49. The molecule has 1 rings (SSSR count). The van der Waals surface area contributed by atoms with Crippen molar-refractivity contribution in [3.05, 3.63) is 29.3 Å². The van der Waals surface area contributed by atoms with Crippen LogP contribution in [-0.4, -0.2) is 12.9 Å². The number of nitriles is 1. The fourth-order valence-corrected chi connectivity index (χ4v) is 2.58. The largest absolute Gasteiger partial charge is 0.495 e. The number of hydrogen-bond donors (Lipinski definition) is 0. The Kier molecular flexibility index (Phi) is 5.93. The van der Waals surface area contributed by atoms with Crippen molar-refractivity contribution in [1.82, 2.24) is 0 Å². The van der Waals surface area contributed by atoms with Crippen molar-refractivity contribution in [1.29, 1.82) is 5.26 Å². The zero-order valence-corrected chi connectivity index (χ0v) is 11.5. The monoisotopic (exact) mass is 249 g/mol. The molecule has 0 saturated carbocycles. The Bertz CT molecular complexity index is 398. The van der Waals surface area contributed by atoms with Gasteiger partial charge >= 0.3 is 0 Å². The molecule has 0 saturated heterocycles. The van der Waals surface area contributed by atoms with Crippen molar-refractivity contribution in [3.63, 3.8) is 0 Å². The van der Waals surface area contributed by atoms with E-state index in [1.54, 1.807) is 7.11 Å². The van der Waals surface area contributed by atoms with Gasteiger partial charge in [-0.05, 0) is 29.4 Å². The van der Waals surface area contributed by atoms with Crippen LogP contribution in [0.4, 0.5) is 0 Å². The molecule has 0 aliphatic rings. The summed E-state index contributed by atoms with van der Waals surface area (Å²) in [5.74, 6) is 3.60. The Balaban J connectivity index is 2.58. The number of methoxy groups -OCH3 is 1. The lowest BCUT2D eigenvalue weighted by atomic mass is 10.1. The first-order chi connectivity index (χ1) is 8.21. The fourth-order valence-electron chi connectivity index (χ4n) is 1.41. The molecule has 0 fully saturated rings. The first-order valence-electron chi connectivity index (χ1n) is 5.86. The van der Waals surface area contributed by atoms with Crippen molar-refractivity contribution in [2.45, 2.75) is 26.0 Å². The minimum Gasteiger partial charge on any atom is -0.495 e. The Hall–Kier alpha value is -1.14. The minimum absolute atomic E-state index is 0.600. The van der Waals surface area contributed by atoms with Gasteiger partial charge in [-0.1, -0.05) is 26.3 Å². The van der Waals surface area contributed by atoms with E-state index < -0.39 is 0 Å². The number of thioether (sulfide) groups is 1. The molecule has 0 aliphatic carbocycles. The summed E-state index contributed by atoms with van der Waals surface area (Å²) >= 11 is 1.93. The Morgan fingerprint density at radius 1 is 1.47 bits per heavy atom. The predicted octanol–water partition coefficient (Wildman–Crippen LogP) is 3.85. The molecule has 0 amide bonds. The molecule has 1 aromatic carbocycles. The fraction of sp³-hybridized carbons (Fsp3) is 0.500. The van der Waals surface area contributed by atoms with Crippen LogP contribution in [0.5, 0.6) is 5.75 Å². The minimum atomic E-state index is 0.600. The summed E-state index contributed by atoms with van der Waals surface area (Å²) in [7, 11) is 1.60. The van der Waals surface area contributed by atoms with Crippen molar-refractivity contribution in [2.75, 3.05) is 12.9 Å². The van der Waals surface area contributed by atoms with E-state index in [4.69, 9.17) is 10.00 Å². The van der Waals surface area contributed by atoms with Crippen LogP contribution < -0.4 is 4.74 Å². The molecule has 92 valence electrons. The summed E-state index contributed by atoms with van der Waals surface area (Å²) in [5, 5.41) is 8.89. The molecule has 0 bridgehead atoms. The van der Waals surface area contributed by atoms with E-state index >= 15 is 0 Å². The number of ether oxygens (including phenoxy) is 1. The molecule has 0 radical (unpaired) electrons. The number of benzene rings is 1. The molecule has 0 spiro atoms. The summed E-state index contributed by atoms with van der Waals surface area (Å²) in [5.41, 5.74) is 1.82. The van der Waals surface area contributed by atoms with Gasteiger partial charge in [-0.15, -0.1) is 0 Å². The van der Waals surface area contributed by atoms with Crippen molar-refractivity contribution >= 4 is 11.8 Å². The molecule has 3 heteroatoms. The quantitative estimate of drug-likeness (QED) is 0.767. The van der Waals surface area contributed by atoms with Gasteiger partial charge in [0.2, 0.25) is 0 Å². The van der Waals surface area contributed by atoms with Gasteiger partial charge in [0.05, 0.1) is 12.7 Å². The number of rotatable bonds is 6. The first kappa shape index (κ1) is 13.9. The van der Waals surface area contributed by atoms with Crippen LogP contribution >= 0.6 is 11.8 Å². The second-order valence-corrected chi connectivity index (χ2v) is 5.21. The standard InChI is InChI=1S/C14H19NOS/c1-4-11(2)9-17-10-12-5-6-13(8-15)14(7-12)16-3/h5-7,11H,4,9-10H2,1-3H3. The lowest BCUT2D eigenvalue weighted by Gasteiger charge is -2.09. The lowest BCUT2D eigenvalue weighted by molar-refractivity contribution is 0.413. The van der Waals surface area contributed by atoms with Crippen LogP contribution in [-0.2, 0) is 5.75 Å². The van der Waals surface area contributed by atoms with Crippen molar-refractivity contribution < 1.29 is 4.74 Å². The Morgan fingerprint density at radius 2 is 2.24 bits per heavy atom. The molecule has 0 heterocycles. The zero-order valence-electron chi connectivity index (χ0n) is 10.7. The van der Waals surface area contributed by atoms with Gasteiger partial charge < -0.3 is 4.74 Å². The molecule has 0 aromatic heterocycles. The molecular weight excluding hydrogens is 230 g/mol. The second kappa shape index (κ2) is 7.24. The average molecular weight is 249 g/mol. The van der Waals surface area contributed by atoms with Gasteiger partial charge in [0.15, 0.2) is 0 Å². The summed E-state index contributed by atoms with van der Waals surface area (Å²) in [6, 6.07) is 7.92. The van der Waals surface area contributed by atoms with Crippen molar-refractivity contribution in [2.24, 2.45) is 5.92 Å². The highest BCUT2D eigenvalue weighted by molar-refractivity contribution is 7.98. The zero-order chi connectivity index (χ0) is 12.7. The summed E-state index contributed by atoms with van der Waals surface area (Å²) in [4.78, 5) is 0. The van der Waals surface area contributed by atoms with Crippen LogP contribution in [0, 0.1) is 17.2 Å². The van der Waals surface area contributed by atoms with E-state index in [1.165, 1.54) is 17.7 Å². The van der Waals surface area contributed by atoms with Crippen LogP contribution in [0.3, 0.4) is 0 Å². The average Bonchev–Trinajstić information content (AvgIpc) is 2.38. The second-order valence-electron chi connectivity index (χ2n) is 4.17. The van der Waals surface area contributed by atoms with E-state index in [9.17, 15) is 0 Å². The molecular formula is C14H19NOS. The van der Waals surface area contributed by atoms with Gasteiger partial charge in [0.25, 0.3) is 0 Å². The van der Waals surface area contributed by atoms with E-state index in [0.29, 0.717) is 11.3 Å². The summed E-state index contributed by atoms with van der Waals surface area (Å²) in [6.07, 6.45) is 1.23. The third kappa shape index (κ3) is 4.32. The van der Waals surface area contributed by atoms with E-state index in [1.807, 2.05) is 30.0 Å². The topological polar surface area (TPSA) is 33.0 Å². The van der Waals surface area contributed by atoms with Gasteiger partial charge in [-0.3, -0.25) is 0 Å². The molecule has 1 atom stereocenters. The molecule has 0 N–H and O–H groups in total. The summed E-state index contributed by atoms with van der Waals surface area (Å²) < 4.78 is 5.19. The SMILES string of the molecule is CCC(C)CSCc1ccc(C#N)c(OC)c1. The van der Waals surface area contributed by atoms with Gasteiger partial charge in [0.1, 0.15) is 11.8 Å². The lowest BCUT2D eigenvalue weighted by Crippen LogP contribution is -1.96. The highest BCUT2D eigenvalue weighted by atomic mass is 32.2. The van der Waals surface area contributed by atoms with E-state index in [0.717, 1.165) is 11.7 Å². The maximum atomic E-state index is 8.89. The predicted molar refractivity (Wildman–Crippen MR) is 73.3 cm³/mol. The molecule has 0 aliphatic heterocycles. The van der Waals surface area contributed by atoms with E-state index in [-0.39, 0.29) is 0 Å². The highest BCUT2D eigenvalue weighted by Crippen LogP contribution is 2.23. The maximum absolute atomic E-state index is 8.89. The smallest absolute Gasteiger partial charge is 0.136 e. The van der Waals surface area contributed by atoms with Crippen molar-refractivity contribution in [3.8, 4) is 11.8 Å². The van der Waals surface area contributed by atoms with Crippen LogP contribution in [0.15, 0.2) is 18.2 Å². The third-order valence-electron chi connectivity index (χ3n) is 2.75. The Morgan fingerprint density at radius 3 is 2.82 bits per heavy atom. The molecule has 2 nitrogen and oxygen atoms in total. The van der Waals surface area contributed by atoms with Crippen LogP contribution in [0.25, 0.3) is 0 Å². The van der Waals surface area contributed by atoms with Crippen LogP contribution in [0.1, 0.15) is 31.4 Å². The highest BCUT2D eigenvalue weighted by Gasteiger charge is 2.04. The van der Waals surface area contributed by atoms with Gasteiger partial charge in [0, 0.05) is 5.75 Å². The normalized spacial score (nSPS) is 11.9. The maximum Gasteiger partial charge on any atom is 0.136 e. The number of nitrogens with zero attached hydrogens (tertiary/aromatic N) is 1. The van der Waals surface area contributed by atoms with Gasteiger partial charge in [-0.25, -0.2) is 0 Å². The van der Waals surface area contributed by atoms with Gasteiger partial charge in [-0.2, -0.15) is 17.0 Å². The third-order valence-corrected chi connectivity index (χ3v) is 4.10. The first-order valence-corrected chi connectivity index (χ1v) is 7.01. The number of hydrogen-bond acceptors (Lipinski definition) is 3. The van der Waals surface area contributed by atoms with E-state index in [2.05, 4.69) is 19.9 Å². The molecule has 1 aromatic rings. The van der Waals surface area contributed by atoms with Crippen LogP contribution in [0.2, 0.25) is 0 Å². The Labute approximate surface area is 108 Å². The molecule has 17 heavy (non-hydrogen) atoms. The molecule has 1 unspecified atom stereocenters.